The number of hydrogen-bond donors (Lipinski definition) is 2. The molecule has 1 saturated carbocycles. The first-order chi connectivity index (χ1) is 4.35. The summed E-state index contributed by atoms with van der Waals surface area (Å²) < 4.78 is 35.3. The molecule has 3 N–H and O–H groups in total. The van der Waals surface area contributed by atoms with Crippen LogP contribution in [0.15, 0.2) is 0 Å². The zero-order valence-electron chi connectivity index (χ0n) is 5.15. The van der Waals surface area contributed by atoms with Crippen molar-refractivity contribution in [2.45, 2.75) is 30.7 Å². The second-order valence-electron chi connectivity index (χ2n) is 2.70. The van der Waals surface area contributed by atoms with Gasteiger partial charge in [-0.1, -0.05) is 0 Å². The summed E-state index contributed by atoms with van der Waals surface area (Å²) in [5, 5.41) is 8.71. The quantitative estimate of drug-likeness (QED) is 0.532. The molecule has 0 unspecified atom stereocenters. The summed E-state index contributed by atoms with van der Waals surface area (Å²) in [6.45, 7) is 0. The van der Waals surface area contributed by atoms with Crippen LogP contribution in [0.2, 0.25) is 0 Å². The maximum absolute atomic E-state index is 11.8. The number of alkyl halides is 3. The molecule has 0 aliphatic heterocycles. The summed E-state index contributed by atoms with van der Waals surface area (Å²) in [7, 11) is 0. The van der Waals surface area contributed by atoms with E-state index >= 15 is 0 Å². The van der Waals surface area contributed by atoms with Crippen LogP contribution in [0.1, 0.15) is 12.8 Å². The molecule has 0 saturated heterocycles. The van der Waals surface area contributed by atoms with Crippen molar-refractivity contribution in [2.75, 3.05) is 0 Å². The van der Waals surface area contributed by atoms with Gasteiger partial charge in [-0.2, -0.15) is 13.2 Å². The largest absolute Gasteiger partial charge is 0.417 e. The zero-order valence-corrected chi connectivity index (χ0v) is 5.15. The average molecular weight is 155 g/mol. The molecule has 0 aromatic heterocycles. The van der Waals surface area contributed by atoms with Crippen LogP contribution in [0.4, 0.5) is 13.2 Å². The summed E-state index contributed by atoms with van der Waals surface area (Å²) in [6.07, 6.45) is -5.24. The molecule has 1 aliphatic carbocycles. The molecular weight excluding hydrogens is 147 g/mol. The summed E-state index contributed by atoms with van der Waals surface area (Å²) in [5.41, 5.74) is 2.60. The lowest BCUT2D eigenvalue weighted by atomic mass is 9.76. The lowest BCUT2D eigenvalue weighted by Crippen LogP contribution is -2.60. The van der Waals surface area contributed by atoms with Gasteiger partial charge >= 0.3 is 6.18 Å². The third-order valence-corrected chi connectivity index (χ3v) is 1.73. The van der Waals surface area contributed by atoms with Gasteiger partial charge in [-0.25, -0.2) is 0 Å². The van der Waals surface area contributed by atoms with E-state index < -0.39 is 17.8 Å². The van der Waals surface area contributed by atoms with Gasteiger partial charge in [0.05, 0.1) is 0 Å². The van der Waals surface area contributed by atoms with E-state index in [9.17, 15) is 13.2 Å². The van der Waals surface area contributed by atoms with Crippen molar-refractivity contribution < 1.29 is 18.3 Å². The Kier molecular flexibility index (Phi) is 1.45. The maximum atomic E-state index is 11.8. The molecule has 1 fully saturated rings. The normalized spacial score (nSPS) is 41.1. The second kappa shape index (κ2) is 1.85. The Balaban J connectivity index is 2.57. The number of nitrogens with two attached hydrogens (primary N) is 1. The van der Waals surface area contributed by atoms with E-state index in [1.165, 1.54) is 0 Å². The number of aliphatic hydroxyl groups is 1. The van der Waals surface area contributed by atoms with Gasteiger partial charge in [0, 0.05) is 18.9 Å². The van der Waals surface area contributed by atoms with Crippen LogP contribution in [0.25, 0.3) is 0 Å². The first kappa shape index (κ1) is 7.81. The van der Waals surface area contributed by atoms with Gasteiger partial charge in [-0.15, -0.1) is 0 Å². The van der Waals surface area contributed by atoms with Crippen molar-refractivity contribution in [2.24, 2.45) is 5.73 Å². The van der Waals surface area contributed by atoms with Crippen molar-refractivity contribution in [3.8, 4) is 0 Å². The highest BCUT2D eigenvalue weighted by atomic mass is 19.4. The monoisotopic (exact) mass is 155 g/mol. The molecule has 0 heterocycles. The molecule has 10 heavy (non-hydrogen) atoms. The number of halogens is 3. The topological polar surface area (TPSA) is 46.2 Å². The fourth-order valence-electron chi connectivity index (χ4n) is 1.04. The molecule has 0 aromatic carbocycles. The Morgan fingerprint density at radius 3 is 1.90 bits per heavy atom. The van der Waals surface area contributed by atoms with Gasteiger partial charge in [-0.3, -0.25) is 0 Å². The third-order valence-electron chi connectivity index (χ3n) is 1.73. The van der Waals surface area contributed by atoms with E-state index in [2.05, 4.69) is 0 Å². The van der Waals surface area contributed by atoms with Crippen LogP contribution in [0.5, 0.6) is 0 Å². The van der Waals surface area contributed by atoms with Crippen molar-refractivity contribution >= 4 is 0 Å². The predicted molar refractivity (Wildman–Crippen MR) is 28.2 cm³/mol. The van der Waals surface area contributed by atoms with Gasteiger partial charge < -0.3 is 10.8 Å². The van der Waals surface area contributed by atoms with E-state index in [4.69, 9.17) is 10.8 Å². The van der Waals surface area contributed by atoms with E-state index in [-0.39, 0.29) is 12.8 Å². The van der Waals surface area contributed by atoms with Crippen LogP contribution in [0, 0.1) is 0 Å². The highest BCUT2D eigenvalue weighted by Crippen LogP contribution is 2.44. The SMILES string of the molecule is NC1CC(O)(C(F)(F)F)C1. The smallest absolute Gasteiger partial charge is 0.380 e. The molecule has 1 aliphatic rings. The summed E-state index contributed by atoms with van der Waals surface area (Å²) in [4.78, 5) is 0. The fraction of sp³-hybridized carbons (Fsp3) is 1.00. The summed E-state index contributed by atoms with van der Waals surface area (Å²) in [5.74, 6) is 0. The molecular formula is C5H8F3NO. The Morgan fingerprint density at radius 2 is 1.80 bits per heavy atom. The molecule has 60 valence electrons. The highest BCUT2D eigenvalue weighted by molar-refractivity contribution is 5.01. The van der Waals surface area contributed by atoms with Gasteiger partial charge in [0.1, 0.15) is 0 Å². The molecule has 2 nitrogen and oxygen atoms in total. The van der Waals surface area contributed by atoms with Crippen LogP contribution in [-0.2, 0) is 0 Å². The number of rotatable bonds is 0. The van der Waals surface area contributed by atoms with Gasteiger partial charge in [-0.05, 0) is 0 Å². The third kappa shape index (κ3) is 0.992. The van der Waals surface area contributed by atoms with E-state index in [1.54, 1.807) is 0 Å². The zero-order chi connectivity index (χ0) is 7.99. The maximum Gasteiger partial charge on any atom is 0.417 e. The lowest BCUT2D eigenvalue weighted by molar-refractivity contribution is -0.289. The highest BCUT2D eigenvalue weighted by Gasteiger charge is 2.60. The van der Waals surface area contributed by atoms with E-state index in [0.717, 1.165) is 0 Å². The van der Waals surface area contributed by atoms with E-state index in [1.807, 2.05) is 0 Å². The summed E-state index contributed by atoms with van der Waals surface area (Å²) >= 11 is 0. The second-order valence-corrected chi connectivity index (χ2v) is 2.70. The molecule has 0 spiro atoms. The fourth-order valence-corrected chi connectivity index (χ4v) is 1.04. The molecule has 0 radical (unpaired) electrons. The van der Waals surface area contributed by atoms with Crippen molar-refractivity contribution in [1.82, 2.24) is 0 Å². The first-order valence-electron chi connectivity index (χ1n) is 2.90. The standard InChI is InChI=1S/C5H8F3NO/c6-5(7,8)4(10)1-3(9)2-4/h3,10H,1-2,9H2. The van der Waals surface area contributed by atoms with Gasteiger partial charge in [0.2, 0.25) is 0 Å². The Hall–Kier alpha value is -0.290. The molecule has 0 atom stereocenters. The minimum atomic E-state index is -4.51. The van der Waals surface area contributed by atoms with Gasteiger partial charge in [0.15, 0.2) is 5.60 Å². The predicted octanol–water partition coefficient (Wildman–Crippen LogP) is 0.401. The van der Waals surface area contributed by atoms with Crippen molar-refractivity contribution in [3.05, 3.63) is 0 Å². The van der Waals surface area contributed by atoms with Crippen molar-refractivity contribution in [3.63, 3.8) is 0 Å². The van der Waals surface area contributed by atoms with Crippen LogP contribution >= 0.6 is 0 Å². The van der Waals surface area contributed by atoms with Crippen molar-refractivity contribution in [1.29, 1.82) is 0 Å². The van der Waals surface area contributed by atoms with Gasteiger partial charge in [0.25, 0.3) is 0 Å². The molecule has 5 heteroatoms. The van der Waals surface area contributed by atoms with E-state index in [0.29, 0.717) is 0 Å². The Morgan fingerprint density at radius 1 is 1.40 bits per heavy atom. The van der Waals surface area contributed by atoms with Crippen LogP contribution in [-0.4, -0.2) is 22.9 Å². The number of hydrogen-bond acceptors (Lipinski definition) is 2. The molecule has 1 rings (SSSR count). The van der Waals surface area contributed by atoms with Crippen LogP contribution in [0.3, 0.4) is 0 Å². The van der Waals surface area contributed by atoms with Crippen LogP contribution < -0.4 is 5.73 Å². The Bertz CT molecular complexity index is 138. The molecule has 0 bridgehead atoms. The molecule has 0 aromatic rings. The summed E-state index contributed by atoms with van der Waals surface area (Å²) in [6, 6.07) is -0.494. The minimum absolute atomic E-state index is 0.365. The first-order valence-corrected chi connectivity index (χ1v) is 2.90. The molecule has 0 amide bonds. The average Bonchev–Trinajstić information content (AvgIpc) is 1.58. The lowest BCUT2D eigenvalue weighted by Gasteiger charge is -2.42. The minimum Gasteiger partial charge on any atom is -0.380 e. The Labute approximate surface area is 55.8 Å².